The molecular weight excluding hydrogens is 460 g/mol. The lowest BCUT2D eigenvalue weighted by atomic mass is 10.1. The first kappa shape index (κ1) is 25.3. The van der Waals surface area contributed by atoms with Crippen LogP contribution in [-0.2, 0) is 0 Å². The van der Waals surface area contributed by atoms with Crippen molar-refractivity contribution in [3.63, 3.8) is 0 Å². The fraction of sp³-hybridized carbons (Fsp3) is 0.133. The smallest absolute Gasteiger partial charge is 0.255 e. The zero-order chi connectivity index (χ0) is 26.2. The Balaban J connectivity index is 1.45. The average molecular weight is 494 g/mol. The third kappa shape index (κ3) is 6.46. The number of carbonyl (C=O) groups is 1. The molecule has 37 heavy (non-hydrogen) atoms. The monoisotopic (exact) mass is 493 g/mol. The van der Waals surface area contributed by atoms with E-state index in [0.29, 0.717) is 5.56 Å². The van der Waals surface area contributed by atoms with E-state index in [-0.39, 0.29) is 5.91 Å². The number of carbonyl (C=O) groups excluding carboxylic acids is 1. The molecule has 0 aliphatic carbocycles. The highest BCUT2D eigenvalue weighted by Crippen LogP contribution is 2.28. The van der Waals surface area contributed by atoms with Crippen molar-refractivity contribution >= 4 is 45.2 Å². The lowest BCUT2D eigenvalue weighted by Gasteiger charge is -2.14. The van der Waals surface area contributed by atoms with Crippen LogP contribution in [0.1, 0.15) is 17.3 Å². The molecule has 0 spiro atoms. The first-order valence-electron chi connectivity index (χ1n) is 12.1. The molecule has 4 aromatic rings. The quantitative estimate of drug-likeness (QED) is 0.223. The summed E-state index contributed by atoms with van der Waals surface area (Å²) in [4.78, 5) is 18.3. The summed E-state index contributed by atoms with van der Waals surface area (Å²) in [6.07, 6.45) is 7.67. The molecule has 3 aromatic carbocycles. The van der Waals surface area contributed by atoms with Gasteiger partial charge in [0.2, 0.25) is 5.52 Å². The van der Waals surface area contributed by atoms with Gasteiger partial charge in [-0.15, -0.1) is 0 Å². The molecule has 1 heterocycles. The van der Waals surface area contributed by atoms with Crippen molar-refractivity contribution in [3.8, 4) is 0 Å². The van der Waals surface area contributed by atoms with Crippen molar-refractivity contribution in [1.82, 2.24) is 5.32 Å². The van der Waals surface area contributed by atoms with Gasteiger partial charge in [0.25, 0.3) is 5.91 Å². The van der Waals surface area contributed by atoms with Crippen LogP contribution in [0.4, 0.5) is 28.4 Å². The molecule has 5 N–H and O–H groups in total. The maximum absolute atomic E-state index is 12.9. The summed E-state index contributed by atoms with van der Waals surface area (Å²) < 4.78 is 0. The van der Waals surface area contributed by atoms with Crippen LogP contribution in [0.15, 0.2) is 103 Å². The maximum Gasteiger partial charge on any atom is 0.255 e. The van der Waals surface area contributed by atoms with Gasteiger partial charge in [-0.1, -0.05) is 12.1 Å². The summed E-state index contributed by atoms with van der Waals surface area (Å²) in [6, 6.07) is 23.5. The van der Waals surface area contributed by atoms with Crippen LogP contribution < -0.4 is 31.2 Å². The van der Waals surface area contributed by atoms with Crippen molar-refractivity contribution in [3.05, 3.63) is 109 Å². The third-order valence-corrected chi connectivity index (χ3v) is 5.87. The van der Waals surface area contributed by atoms with Crippen LogP contribution in [0.25, 0.3) is 10.9 Å². The average Bonchev–Trinajstić information content (AvgIpc) is 2.92. The molecule has 0 radical (unpaired) electrons. The van der Waals surface area contributed by atoms with Crippen LogP contribution >= 0.6 is 0 Å². The van der Waals surface area contributed by atoms with Crippen LogP contribution in [0.2, 0.25) is 0 Å². The SMILES string of the molecule is C/C=C(\C=C/NC)Nc1cccc(C(=O)Nc2ccc(Nc3cc[nH+]c4ccc(N(C)C)cc34)cc2)c1. The first-order chi connectivity index (χ1) is 18.0. The maximum atomic E-state index is 12.9. The van der Waals surface area contributed by atoms with Gasteiger partial charge in [0.05, 0.1) is 11.1 Å². The van der Waals surface area contributed by atoms with Gasteiger partial charge >= 0.3 is 0 Å². The zero-order valence-corrected chi connectivity index (χ0v) is 21.6. The molecule has 7 nitrogen and oxygen atoms in total. The van der Waals surface area contributed by atoms with Crippen LogP contribution in [-0.4, -0.2) is 27.1 Å². The van der Waals surface area contributed by atoms with Crippen molar-refractivity contribution in [2.45, 2.75) is 6.92 Å². The number of rotatable bonds is 9. The van der Waals surface area contributed by atoms with E-state index in [1.54, 1.807) is 6.07 Å². The Bertz CT molecular complexity index is 1440. The van der Waals surface area contributed by atoms with Gasteiger partial charge in [0.1, 0.15) is 0 Å². The fourth-order valence-corrected chi connectivity index (χ4v) is 3.86. The minimum atomic E-state index is -0.169. The zero-order valence-electron chi connectivity index (χ0n) is 21.6. The minimum Gasteiger partial charge on any atom is -0.394 e. The lowest BCUT2D eigenvalue weighted by molar-refractivity contribution is -0.344. The van der Waals surface area contributed by atoms with E-state index in [0.717, 1.165) is 45.0 Å². The summed E-state index contributed by atoms with van der Waals surface area (Å²) in [6.45, 7) is 1.96. The Morgan fingerprint density at radius 1 is 0.892 bits per heavy atom. The van der Waals surface area contributed by atoms with Crippen LogP contribution in [0, 0.1) is 0 Å². The molecule has 0 atom stereocenters. The summed E-state index contributed by atoms with van der Waals surface area (Å²) in [5.41, 5.74) is 7.18. The molecule has 0 bridgehead atoms. The molecular formula is C30H33N6O+. The Kier molecular flexibility index (Phi) is 8.05. The standard InChI is InChI=1S/C30H32N6O/c1-5-22(15-17-31-2)33-25-8-6-7-21(19-25)30(37)35-24-11-9-23(10-12-24)34-29-16-18-32-28-14-13-26(36(3)4)20-27(28)29/h5-20,31,33H,1-4H3,(H,32,34)(H,35,37)/p+1/b17-15-,22-5+. The predicted molar refractivity (Wildman–Crippen MR) is 155 cm³/mol. The number of fused-ring (bicyclic) bond motifs is 1. The highest BCUT2D eigenvalue weighted by molar-refractivity contribution is 6.05. The highest BCUT2D eigenvalue weighted by atomic mass is 16.1. The normalized spacial score (nSPS) is 11.4. The second-order valence-corrected chi connectivity index (χ2v) is 8.74. The second-order valence-electron chi connectivity index (χ2n) is 8.74. The molecule has 188 valence electrons. The van der Waals surface area contributed by atoms with Crippen molar-refractivity contribution < 1.29 is 9.78 Å². The topological polar surface area (TPSA) is 82.6 Å². The molecule has 0 unspecified atom stereocenters. The van der Waals surface area contributed by atoms with E-state index < -0.39 is 0 Å². The number of aromatic amines is 1. The number of hydrogen-bond acceptors (Lipinski definition) is 5. The van der Waals surface area contributed by atoms with Crippen molar-refractivity contribution in [2.24, 2.45) is 0 Å². The van der Waals surface area contributed by atoms with Gasteiger partial charge in [-0.25, -0.2) is 4.98 Å². The highest BCUT2D eigenvalue weighted by Gasteiger charge is 2.10. The molecule has 1 amide bonds. The Hall–Kier alpha value is -4.78. The predicted octanol–water partition coefficient (Wildman–Crippen LogP) is 5.76. The van der Waals surface area contributed by atoms with Crippen molar-refractivity contribution in [1.29, 1.82) is 0 Å². The largest absolute Gasteiger partial charge is 0.394 e. The number of pyridine rings is 1. The molecule has 1 aromatic heterocycles. The van der Waals surface area contributed by atoms with Gasteiger partial charge in [0, 0.05) is 67.3 Å². The van der Waals surface area contributed by atoms with Gasteiger partial charge in [0.15, 0.2) is 6.20 Å². The summed E-state index contributed by atoms with van der Waals surface area (Å²) in [5.74, 6) is -0.169. The van der Waals surface area contributed by atoms with Crippen LogP contribution in [0.3, 0.4) is 0 Å². The second kappa shape index (κ2) is 11.8. The summed E-state index contributed by atoms with van der Waals surface area (Å²) in [7, 11) is 5.91. The van der Waals surface area contributed by atoms with E-state index in [4.69, 9.17) is 0 Å². The minimum absolute atomic E-state index is 0.169. The van der Waals surface area contributed by atoms with E-state index in [1.165, 1.54) is 0 Å². The lowest BCUT2D eigenvalue weighted by Crippen LogP contribution is -2.12. The molecule has 4 rings (SSSR count). The molecule has 7 heteroatoms. The van der Waals surface area contributed by atoms with Crippen molar-refractivity contribution in [2.75, 3.05) is 42.0 Å². The molecule has 0 saturated carbocycles. The third-order valence-electron chi connectivity index (χ3n) is 5.87. The van der Waals surface area contributed by atoms with Gasteiger partial charge in [-0.3, -0.25) is 4.79 Å². The van der Waals surface area contributed by atoms with Gasteiger partial charge < -0.3 is 26.2 Å². The van der Waals surface area contributed by atoms with Crippen LogP contribution in [0.5, 0.6) is 0 Å². The summed E-state index contributed by atoms with van der Waals surface area (Å²) in [5, 5.41) is 13.9. The molecule has 0 fully saturated rings. The molecule has 0 saturated heterocycles. The van der Waals surface area contributed by atoms with E-state index in [1.807, 2.05) is 101 Å². The number of amides is 1. The van der Waals surface area contributed by atoms with Gasteiger partial charge in [-0.05, 0) is 73.8 Å². The van der Waals surface area contributed by atoms with E-state index in [9.17, 15) is 4.79 Å². The fourth-order valence-electron chi connectivity index (χ4n) is 3.86. The number of aromatic nitrogens is 1. The Morgan fingerprint density at radius 3 is 2.41 bits per heavy atom. The Morgan fingerprint density at radius 2 is 1.68 bits per heavy atom. The van der Waals surface area contributed by atoms with Gasteiger partial charge in [-0.2, -0.15) is 0 Å². The number of nitrogens with one attached hydrogen (secondary N) is 5. The summed E-state index contributed by atoms with van der Waals surface area (Å²) >= 11 is 0. The number of nitrogens with zero attached hydrogens (tertiary/aromatic N) is 1. The number of H-pyrrole nitrogens is 1. The number of hydrogen-bond donors (Lipinski definition) is 4. The van der Waals surface area contributed by atoms with E-state index >= 15 is 0 Å². The molecule has 0 aliphatic rings. The number of anilines is 5. The Labute approximate surface area is 217 Å². The number of benzene rings is 3. The van der Waals surface area contributed by atoms with E-state index in [2.05, 4.69) is 49.4 Å². The first-order valence-corrected chi connectivity index (χ1v) is 12.1. The molecule has 0 aliphatic heterocycles. The number of allylic oxidation sites excluding steroid dienone is 2.